The van der Waals surface area contributed by atoms with Gasteiger partial charge in [-0.1, -0.05) is 5.16 Å². The number of benzene rings is 1. The highest BCUT2D eigenvalue weighted by Gasteiger charge is 2.30. The Morgan fingerprint density at radius 3 is 2.75 bits per heavy atom. The van der Waals surface area contributed by atoms with E-state index in [1.165, 1.54) is 24.3 Å². The molecule has 7 nitrogen and oxygen atoms in total. The van der Waals surface area contributed by atoms with Crippen molar-refractivity contribution in [1.82, 2.24) is 10.1 Å². The number of esters is 1. The lowest BCUT2D eigenvalue weighted by atomic mass is 10.1. The van der Waals surface area contributed by atoms with Crippen molar-refractivity contribution in [3.05, 3.63) is 36.0 Å². The molecule has 1 aromatic carbocycles. The highest BCUT2D eigenvalue weighted by molar-refractivity contribution is 7.91. The predicted molar refractivity (Wildman–Crippen MR) is 80.9 cm³/mol. The molecule has 128 valence electrons. The molecule has 2 heterocycles. The number of sulfone groups is 1. The smallest absolute Gasteiger partial charge is 0.306 e. The van der Waals surface area contributed by atoms with Gasteiger partial charge >= 0.3 is 5.97 Å². The fourth-order valence-corrected chi connectivity index (χ4v) is 4.36. The van der Waals surface area contributed by atoms with Crippen molar-refractivity contribution in [3.63, 3.8) is 0 Å². The van der Waals surface area contributed by atoms with E-state index in [1.54, 1.807) is 0 Å². The molecule has 0 aliphatic carbocycles. The van der Waals surface area contributed by atoms with Gasteiger partial charge in [-0.05, 0) is 36.6 Å². The van der Waals surface area contributed by atoms with Crippen LogP contribution in [0.3, 0.4) is 0 Å². The number of ether oxygens (including phenoxy) is 1. The fourth-order valence-electron chi connectivity index (χ4n) is 2.50. The summed E-state index contributed by atoms with van der Waals surface area (Å²) in [5.41, 5.74) is 0.578. The maximum absolute atomic E-state index is 12.9. The zero-order valence-corrected chi connectivity index (χ0v) is 13.5. The van der Waals surface area contributed by atoms with E-state index in [-0.39, 0.29) is 48.0 Å². The summed E-state index contributed by atoms with van der Waals surface area (Å²) < 4.78 is 45.6. The number of nitrogens with zero attached hydrogens (tertiary/aromatic N) is 2. The van der Waals surface area contributed by atoms with Crippen LogP contribution in [-0.2, 0) is 26.0 Å². The van der Waals surface area contributed by atoms with Crippen LogP contribution in [-0.4, -0.2) is 36.0 Å². The Kier molecular flexibility index (Phi) is 4.61. The van der Waals surface area contributed by atoms with Crippen LogP contribution >= 0.6 is 0 Å². The molecule has 0 spiro atoms. The molecule has 9 heteroatoms. The third kappa shape index (κ3) is 4.16. The molecule has 1 saturated heterocycles. The molecule has 1 aromatic heterocycles. The Morgan fingerprint density at radius 1 is 1.33 bits per heavy atom. The number of carbonyl (C=O) groups excluding carboxylic acids is 1. The molecule has 0 saturated carbocycles. The first-order chi connectivity index (χ1) is 11.4. The molecule has 0 unspecified atom stereocenters. The van der Waals surface area contributed by atoms with Crippen molar-refractivity contribution in [2.45, 2.75) is 19.4 Å². The molecule has 2 aromatic rings. The standard InChI is InChI=1S/C15H15FN2O5S/c16-12-3-1-11(2-4-12)15-17-13(23-18-15)8-22-14(19)7-10-5-6-24(20,21)9-10/h1-4,10H,5-9H2/t10-/m1/s1. The lowest BCUT2D eigenvalue weighted by Gasteiger charge is -2.06. The van der Waals surface area contributed by atoms with E-state index in [0.717, 1.165) is 0 Å². The van der Waals surface area contributed by atoms with E-state index in [2.05, 4.69) is 10.1 Å². The summed E-state index contributed by atoms with van der Waals surface area (Å²) in [4.78, 5) is 15.8. The third-order valence-corrected chi connectivity index (χ3v) is 5.55. The minimum absolute atomic E-state index is 0.0252. The maximum atomic E-state index is 12.9. The van der Waals surface area contributed by atoms with Gasteiger partial charge in [0.25, 0.3) is 5.89 Å². The van der Waals surface area contributed by atoms with Crippen LogP contribution in [0.1, 0.15) is 18.7 Å². The summed E-state index contributed by atoms with van der Waals surface area (Å²) in [5.74, 6) is -0.541. The molecule has 0 N–H and O–H groups in total. The quantitative estimate of drug-likeness (QED) is 0.754. The molecule has 1 fully saturated rings. The summed E-state index contributed by atoms with van der Waals surface area (Å²) in [6, 6.07) is 5.58. The van der Waals surface area contributed by atoms with E-state index in [9.17, 15) is 17.6 Å². The average Bonchev–Trinajstić information content (AvgIpc) is 3.12. The number of halogens is 1. The van der Waals surface area contributed by atoms with Crippen molar-refractivity contribution in [3.8, 4) is 11.4 Å². The normalized spacial score (nSPS) is 19.3. The molecule has 3 rings (SSSR count). The van der Waals surface area contributed by atoms with Crippen LogP contribution in [0, 0.1) is 11.7 Å². The van der Waals surface area contributed by atoms with Crippen molar-refractivity contribution in [1.29, 1.82) is 0 Å². The summed E-state index contributed by atoms with van der Waals surface area (Å²) in [6.07, 6.45) is 0.533. The lowest BCUT2D eigenvalue weighted by Crippen LogP contribution is -2.13. The van der Waals surface area contributed by atoms with Gasteiger partial charge in [0, 0.05) is 12.0 Å². The Bertz CT molecular complexity index is 832. The molecular weight excluding hydrogens is 339 g/mol. The van der Waals surface area contributed by atoms with Crippen LogP contribution in [0.5, 0.6) is 0 Å². The van der Waals surface area contributed by atoms with Crippen molar-refractivity contribution >= 4 is 15.8 Å². The van der Waals surface area contributed by atoms with Crippen molar-refractivity contribution in [2.24, 2.45) is 5.92 Å². The Labute approximate surface area is 137 Å². The van der Waals surface area contributed by atoms with Gasteiger partial charge in [0.05, 0.1) is 11.5 Å². The fraction of sp³-hybridized carbons (Fsp3) is 0.400. The highest BCUT2D eigenvalue weighted by atomic mass is 32.2. The van der Waals surface area contributed by atoms with Crippen LogP contribution in [0.2, 0.25) is 0 Å². The second-order valence-electron chi connectivity index (χ2n) is 5.65. The van der Waals surface area contributed by atoms with E-state index in [0.29, 0.717) is 12.0 Å². The van der Waals surface area contributed by atoms with Crippen LogP contribution in [0.25, 0.3) is 11.4 Å². The second-order valence-corrected chi connectivity index (χ2v) is 7.88. The summed E-state index contributed by atoms with van der Waals surface area (Å²) >= 11 is 0. The van der Waals surface area contributed by atoms with Gasteiger partial charge in [-0.25, -0.2) is 12.8 Å². The first-order valence-electron chi connectivity index (χ1n) is 7.36. The van der Waals surface area contributed by atoms with Gasteiger partial charge in [0.15, 0.2) is 16.4 Å². The predicted octanol–water partition coefficient (Wildman–Crippen LogP) is 1.74. The number of hydrogen-bond donors (Lipinski definition) is 0. The zero-order valence-electron chi connectivity index (χ0n) is 12.6. The molecule has 1 aliphatic rings. The lowest BCUT2D eigenvalue weighted by molar-refractivity contribution is -0.146. The molecule has 1 atom stereocenters. The van der Waals surface area contributed by atoms with Gasteiger partial charge in [0.2, 0.25) is 5.82 Å². The Balaban J connectivity index is 1.52. The van der Waals surface area contributed by atoms with Crippen LogP contribution in [0.15, 0.2) is 28.8 Å². The van der Waals surface area contributed by atoms with Gasteiger partial charge in [-0.3, -0.25) is 4.79 Å². The summed E-state index contributed by atoms with van der Waals surface area (Å²) in [5, 5.41) is 3.74. The minimum Gasteiger partial charge on any atom is -0.456 e. The van der Waals surface area contributed by atoms with E-state index < -0.39 is 15.8 Å². The molecule has 24 heavy (non-hydrogen) atoms. The van der Waals surface area contributed by atoms with Gasteiger partial charge in [-0.15, -0.1) is 0 Å². The molecular formula is C15H15FN2O5S. The maximum Gasteiger partial charge on any atom is 0.306 e. The van der Waals surface area contributed by atoms with Gasteiger partial charge in [-0.2, -0.15) is 4.98 Å². The molecule has 0 radical (unpaired) electrons. The Morgan fingerprint density at radius 2 is 2.08 bits per heavy atom. The molecule has 0 bridgehead atoms. The minimum atomic E-state index is -3.01. The number of rotatable bonds is 5. The topological polar surface area (TPSA) is 99.4 Å². The van der Waals surface area contributed by atoms with Crippen LogP contribution in [0.4, 0.5) is 4.39 Å². The number of hydrogen-bond acceptors (Lipinski definition) is 7. The van der Waals surface area contributed by atoms with Crippen LogP contribution < -0.4 is 0 Å². The molecule has 0 amide bonds. The Hall–Kier alpha value is -2.29. The first kappa shape index (κ1) is 16.6. The zero-order chi connectivity index (χ0) is 17.2. The number of carbonyl (C=O) groups is 1. The number of aromatic nitrogens is 2. The second kappa shape index (κ2) is 6.68. The summed E-state index contributed by atoms with van der Waals surface area (Å²) in [7, 11) is -3.01. The monoisotopic (exact) mass is 354 g/mol. The SMILES string of the molecule is O=C(C[C@H]1CCS(=O)(=O)C1)OCc1nc(-c2ccc(F)cc2)no1. The third-order valence-electron chi connectivity index (χ3n) is 3.71. The van der Waals surface area contributed by atoms with Crippen molar-refractivity contribution in [2.75, 3.05) is 11.5 Å². The summed E-state index contributed by atoms with van der Waals surface area (Å²) in [6.45, 7) is -0.188. The average molecular weight is 354 g/mol. The molecule has 1 aliphatic heterocycles. The van der Waals surface area contributed by atoms with Gasteiger partial charge < -0.3 is 9.26 Å². The van der Waals surface area contributed by atoms with Crippen molar-refractivity contribution < 1.29 is 26.9 Å². The van der Waals surface area contributed by atoms with E-state index in [4.69, 9.17) is 9.26 Å². The van der Waals surface area contributed by atoms with Gasteiger partial charge in [0.1, 0.15) is 5.82 Å². The largest absolute Gasteiger partial charge is 0.456 e. The van der Waals surface area contributed by atoms with E-state index in [1.807, 2.05) is 0 Å². The first-order valence-corrected chi connectivity index (χ1v) is 9.18. The highest BCUT2D eigenvalue weighted by Crippen LogP contribution is 2.22. The van der Waals surface area contributed by atoms with E-state index >= 15 is 0 Å².